The number of hydrogen-bond acceptors (Lipinski definition) is 3. The lowest BCUT2D eigenvalue weighted by Gasteiger charge is -2.27. The van der Waals surface area contributed by atoms with Crippen LogP contribution in [-0.2, 0) is 0 Å². The first-order chi connectivity index (χ1) is 4.86. The van der Waals surface area contributed by atoms with Gasteiger partial charge in [-0.1, -0.05) is 0 Å². The van der Waals surface area contributed by atoms with Gasteiger partial charge in [-0.25, -0.2) is 0 Å². The molecule has 0 radical (unpaired) electrons. The first-order valence-electron chi connectivity index (χ1n) is 4.07. The average molecular weight is 139 g/mol. The second-order valence-corrected chi connectivity index (χ2v) is 3.85. The van der Waals surface area contributed by atoms with E-state index in [0.29, 0.717) is 0 Å². The molecule has 0 aromatic carbocycles. The van der Waals surface area contributed by atoms with E-state index >= 15 is 0 Å². The van der Waals surface area contributed by atoms with Crippen LogP contribution in [0.25, 0.3) is 0 Å². The number of likely N-dealkylation sites (N-methyl/N-ethyl adjacent to an activating group) is 1. The van der Waals surface area contributed by atoms with Crippen molar-refractivity contribution in [1.82, 2.24) is 15.8 Å². The molecule has 3 heteroatoms. The Balaban J connectivity index is 1.99. The van der Waals surface area contributed by atoms with Crippen molar-refractivity contribution in [3.8, 4) is 0 Å². The molecular weight excluding hydrogens is 126 g/mol. The van der Waals surface area contributed by atoms with Crippen molar-refractivity contribution in [3.63, 3.8) is 0 Å². The predicted molar refractivity (Wildman–Crippen MR) is 38.4 cm³/mol. The fraction of sp³-hybridized carbons (Fsp3) is 1.00. The third-order valence-corrected chi connectivity index (χ3v) is 3.31. The zero-order valence-electron chi connectivity index (χ0n) is 6.17. The van der Waals surface area contributed by atoms with Crippen molar-refractivity contribution in [2.45, 2.75) is 24.5 Å². The van der Waals surface area contributed by atoms with E-state index in [9.17, 15) is 0 Å². The highest BCUT2D eigenvalue weighted by molar-refractivity contribution is 5.13. The smallest absolute Gasteiger partial charge is 0.0430 e. The van der Waals surface area contributed by atoms with Gasteiger partial charge >= 0.3 is 0 Å². The van der Waals surface area contributed by atoms with Crippen LogP contribution in [0.1, 0.15) is 6.42 Å². The van der Waals surface area contributed by atoms with Crippen LogP contribution in [0.5, 0.6) is 0 Å². The number of likely N-dealkylation sites (tertiary alicyclic amines) is 1. The highest BCUT2D eigenvalue weighted by Gasteiger charge is 2.55. The second-order valence-electron chi connectivity index (χ2n) is 3.85. The van der Waals surface area contributed by atoms with Crippen LogP contribution in [-0.4, -0.2) is 36.6 Å². The second kappa shape index (κ2) is 1.55. The van der Waals surface area contributed by atoms with Crippen molar-refractivity contribution in [3.05, 3.63) is 0 Å². The summed E-state index contributed by atoms with van der Waals surface area (Å²) in [6.45, 7) is 1.31. The Morgan fingerprint density at radius 1 is 1.40 bits per heavy atom. The molecule has 3 unspecified atom stereocenters. The molecule has 4 atom stereocenters. The van der Waals surface area contributed by atoms with Gasteiger partial charge in [0, 0.05) is 24.7 Å². The van der Waals surface area contributed by atoms with Crippen molar-refractivity contribution >= 4 is 0 Å². The third kappa shape index (κ3) is 0.447. The van der Waals surface area contributed by atoms with Crippen LogP contribution in [0.2, 0.25) is 0 Å². The summed E-state index contributed by atoms with van der Waals surface area (Å²) in [6.07, 6.45) is 1.40. The van der Waals surface area contributed by atoms with Gasteiger partial charge in [-0.05, 0) is 19.4 Å². The highest BCUT2D eigenvalue weighted by atomic mass is 15.5. The quantitative estimate of drug-likeness (QED) is 0.458. The lowest BCUT2D eigenvalue weighted by atomic mass is 10.1. The van der Waals surface area contributed by atoms with Crippen LogP contribution in [0.15, 0.2) is 0 Å². The molecule has 0 amide bonds. The molecule has 0 spiro atoms. The van der Waals surface area contributed by atoms with Crippen molar-refractivity contribution in [1.29, 1.82) is 0 Å². The minimum atomic E-state index is 0.744. The number of hydrogen-bond donors (Lipinski definition) is 2. The zero-order valence-corrected chi connectivity index (χ0v) is 6.17. The molecular formula is C7H13N3. The van der Waals surface area contributed by atoms with Crippen LogP contribution in [0.4, 0.5) is 0 Å². The SMILES string of the molecule is CN1CC2C[C@@H]3NNC2C31. The number of hydrazine groups is 1. The summed E-state index contributed by atoms with van der Waals surface area (Å²) in [5, 5.41) is 0. The van der Waals surface area contributed by atoms with E-state index in [1.807, 2.05) is 0 Å². The largest absolute Gasteiger partial charge is 0.300 e. The molecule has 0 aromatic heterocycles. The third-order valence-electron chi connectivity index (χ3n) is 3.31. The molecule has 2 heterocycles. The molecule has 1 aliphatic carbocycles. The molecule has 4 bridgehead atoms. The minimum absolute atomic E-state index is 0.744. The molecule has 2 N–H and O–H groups in total. The molecule has 1 saturated carbocycles. The molecule has 2 saturated heterocycles. The van der Waals surface area contributed by atoms with E-state index in [-0.39, 0.29) is 0 Å². The Labute approximate surface area is 60.7 Å². The van der Waals surface area contributed by atoms with Gasteiger partial charge < -0.3 is 0 Å². The fourth-order valence-corrected chi connectivity index (χ4v) is 2.95. The van der Waals surface area contributed by atoms with Gasteiger partial charge in [-0.3, -0.25) is 15.8 Å². The number of nitrogens with zero attached hydrogens (tertiary/aromatic N) is 1. The molecule has 2 aliphatic heterocycles. The summed E-state index contributed by atoms with van der Waals surface area (Å²) >= 11 is 0. The van der Waals surface area contributed by atoms with E-state index in [1.165, 1.54) is 13.0 Å². The normalized spacial score (nSPS) is 58.5. The van der Waals surface area contributed by atoms with E-state index in [1.54, 1.807) is 0 Å². The molecule has 3 nitrogen and oxygen atoms in total. The van der Waals surface area contributed by atoms with E-state index in [2.05, 4.69) is 22.8 Å². The molecule has 0 aromatic rings. The molecule has 56 valence electrons. The summed E-state index contributed by atoms with van der Waals surface area (Å²) in [5.74, 6) is 0.932. The predicted octanol–water partition coefficient (Wildman–Crippen LogP) is -0.835. The summed E-state index contributed by atoms with van der Waals surface area (Å²) in [4.78, 5) is 2.48. The Bertz CT molecular complexity index is 168. The highest BCUT2D eigenvalue weighted by Crippen LogP contribution is 2.39. The number of piperidine rings is 1. The van der Waals surface area contributed by atoms with Crippen LogP contribution >= 0.6 is 0 Å². The van der Waals surface area contributed by atoms with Gasteiger partial charge in [-0.2, -0.15) is 0 Å². The van der Waals surface area contributed by atoms with Gasteiger partial charge in [0.15, 0.2) is 0 Å². The van der Waals surface area contributed by atoms with Crippen LogP contribution < -0.4 is 10.9 Å². The first kappa shape index (κ1) is 5.52. The first-order valence-corrected chi connectivity index (χ1v) is 4.07. The van der Waals surface area contributed by atoms with Gasteiger partial charge in [0.2, 0.25) is 0 Å². The molecule has 10 heavy (non-hydrogen) atoms. The van der Waals surface area contributed by atoms with E-state index in [4.69, 9.17) is 0 Å². The summed E-state index contributed by atoms with van der Waals surface area (Å²) in [6, 6.07) is 2.30. The van der Waals surface area contributed by atoms with Gasteiger partial charge in [0.05, 0.1) is 0 Å². The number of rotatable bonds is 0. The summed E-state index contributed by atoms with van der Waals surface area (Å²) in [5.41, 5.74) is 6.68. The summed E-state index contributed by atoms with van der Waals surface area (Å²) < 4.78 is 0. The lowest BCUT2D eigenvalue weighted by molar-refractivity contribution is 0.217. The van der Waals surface area contributed by atoms with E-state index < -0.39 is 0 Å². The topological polar surface area (TPSA) is 27.3 Å². The Morgan fingerprint density at radius 3 is 2.90 bits per heavy atom. The summed E-state index contributed by atoms with van der Waals surface area (Å²) in [7, 11) is 2.23. The fourth-order valence-electron chi connectivity index (χ4n) is 2.95. The molecule has 3 fully saturated rings. The lowest BCUT2D eigenvalue weighted by Crippen LogP contribution is -2.46. The van der Waals surface area contributed by atoms with Crippen LogP contribution in [0, 0.1) is 5.92 Å². The Hall–Kier alpha value is -0.120. The van der Waals surface area contributed by atoms with Crippen molar-refractivity contribution < 1.29 is 0 Å². The Morgan fingerprint density at radius 2 is 2.30 bits per heavy atom. The maximum atomic E-state index is 3.36. The molecule has 3 rings (SSSR count). The monoisotopic (exact) mass is 139 g/mol. The maximum absolute atomic E-state index is 3.36. The van der Waals surface area contributed by atoms with Gasteiger partial charge in [-0.15, -0.1) is 0 Å². The zero-order chi connectivity index (χ0) is 6.72. The number of nitrogens with one attached hydrogen (secondary N) is 2. The van der Waals surface area contributed by atoms with Gasteiger partial charge in [0.1, 0.15) is 0 Å². The maximum Gasteiger partial charge on any atom is 0.0430 e. The Kier molecular flexibility index (Phi) is 0.854. The minimum Gasteiger partial charge on any atom is -0.300 e. The van der Waals surface area contributed by atoms with Crippen molar-refractivity contribution in [2.24, 2.45) is 5.92 Å². The van der Waals surface area contributed by atoms with E-state index in [0.717, 1.165) is 24.0 Å². The molecule has 3 aliphatic rings. The standard InChI is InChI=1S/C7H13N3/c1-10-3-4-2-5-7(10)6(4)9-8-5/h4-9H,2-3H2,1H3/t4?,5-,6?,7?/m0/s1. The van der Waals surface area contributed by atoms with Crippen molar-refractivity contribution in [2.75, 3.05) is 13.6 Å². The van der Waals surface area contributed by atoms with Crippen LogP contribution in [0.3, 0.4) is 0 Å². The van der Waals surface area contributed by atoms with Gasteiger partial charge in [0.25, 0.3) is 0 Å². The average Bonchev–Trinajstić information content (AvgIpc) is 2.49.